The first-order valence-corrected chi connectivity index (χ1v) is 11.2. The Labute approximate surface area is 193 Å². The van der Waals surface area contributed by atoms with Gasteiger partial charge in [0.15, 0.2) is 5.82 Å². The highest BCUT2D eigenvalue weighted by Crippen LogP contribution is 2.35. The number of benzene rings is 1. The predicted molar refractivity (Wildman–Crippen MR) is 124 cm³/mol. The summed E-state index contributed by atoms with van der Waals surface area (Å²) in [5, 5.41) is 4.44. The van der Waals surface area contributed by atoms with Gasteiger partial charge in [-0.3, -0.25) is 4.90 Å². The maximum Gasteiger partial charge on any atom is 0.163 e. The molecule has 0 aliphatic carbocycles. The highest BCUT2D eigenvalue weighted by molar-refractivity contribution is 5.73. The molecule has 0 amide bonds. The average Bonchev–Trinajstić information content (AvgIpc) is 3.27. The van der Waals surface area contributed by atoms with Crippen molar-refractivity contribution >= 4 is 5.82 Å². The maximum atomic E-state index is 5.88. The molecular weight excluding hydrogens is 420 g/mol. The van der Waals surface area contributed by atoms with Gasteiger partial charge in [0.25, 0.3) is 0 Å². The number of pyridine rings is 1. The summed E-state index contributed by atoms with van der Waals surface area (Å²) in [6.07, 6.45) is 4.06. The van der Waals surface area contributed by atoms with Crippen molar-refractivity contribution in [3.8, 4) is 22.9 Å². The number of aromatic nitrogens is 4. The Kier molecular flexibility index (Phi) is 5.90. The molecule has 174 valence electrons. The first-order chi connectivity index (χ1) is 16.0. The van der Waals surface area contributed by atoms with Gasteiger partial charge in [-0.05, 0) is 43.2 Å². The van der Waals surface area contributed by atoms with Crippen molar-refractivity contribution in [2.75, 3.05) is 32.2 Å². The second-order valence-corrected chi connectivity index (χ2v) is 8.81. The van der Waals surface area contributed by atoms with Gasteiger partial charge in [-0.2, -0.15) is 5.10 Å². The number of anilines is 1. The van der Waals surface area contributed by atoms with Gasteiger partial charge in [-0.25, -0.2) is 14.6 Å². The Bertz CT molecular complexity index is 1100. The Morgan fingerprint density at radius 3 is 2.36 bits per heavy atom. The zero-order valence-electron chi connectivity index (χ0n) is 19.6. The predicted octanol–water partition coefficient (Wildman–Crippen LogP) is 2.94. The van der Waals surface area contributed by atoms with E-state index in [4.69, 9.17) is 19.2 Å². The summed E-state index contributed by atoms with van der Waals surface area (Å²) in [5.74, 6) is 3.29. The van der Waals surface area contributed by atoms with E-state index in [0.717, 1.165) is 59.5 Å². The lowest BCUT2D eigenvalue weighted by Gasteiger charge is -2.35. The van der Waals surface area contributed by atoms with Crippen molar-refractivity contribution in [3.05, 3.63) is 47.9 Å². The quantitative estimate of drug-likeness (QED) is 0.567. The van der Waals surface area contributed by atoms with Gasteiger partial charge in [-0.1, -0.05) is 0 Å². The number of nitrogens with zero attached hydrogens (tertiary/aromatic N) is 6. The summed E-state index contributed by atoms with van der Waals surface area (Å²) in [7, 11) is 3.32. The lowest BCUT2D eigenvalue weighted by molar-refractivity contribution is -0.0705. The van der Waals surface area contributed by atoms with Crippen LogP contribution in [0.5, 0.6) is 11.5 Å². The third-order valence-corrected chi connectivity index (χ3v) is 6.07. The molecule has 2 atom stereocenters. The fraction of sp³-hybridized carbons (Fsp3) is 0.458. The number of rotatable bonds is 6. The standard InChI is InChI=1S/C24H30N6O3/c1-16-10-28(11-17(2)33-16)12-19-7-22-23(25-9-19)29(15-30-24(22)26-14-27-30)13-18-5-20(31-3)8-21(6-18)32-4/h5-9,14,16-17H,10-13,15H2,1-4H3/t16-,17+. The number of fused-ring (bicyclic) bond motifs is 3. The van der Waals surface area contributed by atoms with E-state index in [1.165, 1.54) is 0 Å². The minimum atomic E-state index is 0.234. The van der Waals surface area contributed by atoms with Crippen LogP contribution < -0.4 is 14.4 Å². The third kappa shape index (κ3) is 4.51. The molecule has 2 aliphatic rings. The van der Waals surface area contributed by atoms with Gasteiger partial charge in [-0.15, -0.1) is 0 Å². The summed E-state index contributed by atoms with van der Waals surface area (Å²) in [4.78, 5) is 14.0. The molecular formula is C24H30N6O3. The van der Waals surface area contributed by atoms with Crippen molar-refractivity contribution in [2.45, 2.75) is 45.8 Å². The molecule has 3 aromatic rings. The first kappa shape index (κ1) is 21.7. The third-order valence-electron chi connectivity index (χ3n) is 6.07. The molecule has 1 aromatic carbocycles. The molecule has 33 heavy (non-hydrogen) atoms. The monoisotopic (exact) mass is 450 g/mol. The van der Waals surface area contributed by atoms with Crippen LogP contribution in [0.3, 0.4) is 0 Å². The van der Waals surface area contributed by atoms with Crippen molar-refractivity contribution in [1.29, 1.82) is 0 Å². The van der Waals surface area contributed by atoms with Gasteiger partial charge in [0.05, 0.1) is 32.0 Å². The minimum absolute atomic E-state index is 0.234. The summed E-state index contributed by atoms with van der Waals surface area (Å²) < 4.78 is 18.7. The van der Waals surface area contributed by atoms with Crippen molar-refractivity contribution < 1.29 is 14.2 Å². The molecule has 0 bridgehead atoms. The zero-order chi connectivity index (χ0) is 22.9. The fourth-order valence-corrected chi connectivity index (χ4v) is 4.78. The Hall–Kier alpha value is -3.17. The van der Waals surface area contributed by atoms with Gasteiger partial charge in [0, 0.05) is 38.4 Å². The largest absolute Gasteiger partial charge is 0.497 e. The van der Waals surface area contributed by atoms with Crippen LogP contribution in [0.2, 0.25) is 0 Å². The summed E-state index contributed by atoms with van der Waals surface area (Å²) in [6, 6.07) is 8.12. The van der Waals surface area contributed by atoms with E-state index in [1.54, 1.807) is 20.5 Å². The van der Waals surface area contributed by atoms with E-state index in [1.807, 2.05) is 29.1 Å². The van der Waals surface area contributed by atoms with Gasteiger partial charge in [0.2, 0.25) is 0 Å². The van der Waals surface area contributed by atoms with Crippen LogP contribution >= 0.6 is 0 Å². The van der Waals surface area contributed by atoms with Gasteiger partial charge in [0.1, 0.15) is 30.3 Å². The lowest BCUT2D eigenvalue weighted by atomic mass is 10.1. The van der Waals surface area contributed by atoms with Crippen LogP contribution in [0.15, 0.2) is 36.8 Å². The molecule has 0 N–H and O–H groups in total. The smallest absolute Gasteiger partial charge is 0.163 e. The van der Waals surface area contributed by atoms with E-state index >= 15 is 0 Å². The molecule has 1 fully saturated rings. The lowest BCUT2D eigenvalue weighted by Crippen LogP contribution is -2.44. The average molecular weight is 451 g/mol. The molecule has 0 spiro atoms. The molecule has 9 heteroatoms. The molecule has 0 unspecified atom stereocenters. The maximum absolute atomic E-state index is 5.88. The molecule has 2 aromatic heterocycles. The van der Waals surface area contributed by atoms with E-state index in [2.05, 4.69) is 39.8 Å². The fourth-order valence-electron chi connectivity index (χ4n) is 4.78. The molecule has 0 radical (unpaired) electrons. The second kappa shape index (κ2) is 8.99. The van der Waals surface area contributed by atoms with E-state index in [-0.39, 0.29) is 12.2 Å². The SMILES string of the molecule is COc1cc(CN2Cn3ncnc3-c3cc(CN4C[C@@H](C)O[C@@H](C)C4)cnc32)cc(OC)c1. The Balaban J connectivity index is 1.44. The van der Waals surface area contributed by atoms with Crippen LogP contribution in [0.4, 0.5) is 5.82 Å². The van der Waals surface area contributed by atoms with Crippen LogP contribution in [-0.4, -0.2) is 64.2 Å². The molecule has 9 nitrogen and oxygen atoms in total. The molecule has 5 rings (SSSR count). The highest BCUT2D eigenvalue weighted by atomic mass is 16.5. The number of morpholine rings is 1. The Morgan fingerprint density at radius 1 is 0.939 bits per heavy atom. The molecule has 0 saturated carbocycles. The van der Waals surface area contributed by atoms with Crippen LogP contribution in [0, 0.1) is 0 Å². The molecule has 1 saturated heterocycles. The number of ether oxygens (including phenoxy) is 3. The topological polar surface area (TPSA) is 77.8 Å². The first-order valence-electron chi connectivity index (χ1n) is 11.2. The van der Waals surface area contributed by atoms with E-state index < -0.39 is 0 Å². The van der Waals surface area contributed by atoms with Crippen molar-refractivity contribution in [2.24, 2.45) is 0 Å². The summed E-state index contributed by atoms with van der Waals surface area (Å²) in [5.41, 5.74) is 3.23. The van der Waals surface area contributed by atoms with Crippen LogP contribution in [0.25, 0.3) is 11.4 Å². The van der Waals surface area contributed by atoms with Crippen LogP contribution in [0.1, 0.15) is 25.0 Å². The molecule has 4 heterocycles. The van der Waals surface area contributed by atoms with Crippen LogP contribution in [-0.2, 0) is 24.5 Å². The van der Waals surface area contributed by atoms with Crippen molar-refractivity contribution in [3.63, 3.8) is 0 Å². The number of methoxy groups -OCH3 is 2. The highest BCUT2D eigenvalue weighted by Gasteiger charge is 2.27. The summed E-state index contributed by atoms with van der Waals surface area (Å²) >= 11 is 0. The Morgan fingerprint density at radius 2 is 1.67 bits per heavy atom. The normalized spacial score (nSPS) is 20.3. The minimum Gasteiger partial charge on any atom is -0.497 e. The second-order valence-electron chi connectivity index (χ2n) is 8.81. The van der Waals surface area contributed by atoms with E-state index in [9.17, 15) is 0 Å². The van der Waals surface area contributed by atoms with E-state index in [0.29, 0.717) is 13.2 Å². The zero-order valence-corrected chi connectivity index (χ0v) is 19.6. The molecule has 2 aliphatic heterocycles. The van der Waals surface area contributed by atoms with Crippen molar-refractivity contribution in [1.82, 2.24) is 24.6 Å². The van der Waals surface area contributed by atoms with Gasteiger partial charge < -0.3 is 19.1 Å². The van der Waals surface area contributed by atoms with Gasteiger partial charge >= 0.3 is 0 Å². The number of hydrogen-bond acceptors (Lipinski definition) is 8. The number of hydrogen-bond donors (Lipinski definition) is 0. The summed E-state index contributed by atoms with van der Waals surface area (Å²) in [6.45, 7) is 8.14.